The third-order valence-electron chi connectivity index (χ3n) is 3.98. The van der Waals surface area contributed by atoms with Crippen LogP contribution in [0, 0.1) is 19.7 Å². The lowest BCUT2D eigenvalue weighted by molar-refractivity contribution is -0.123. The number of thiophene rings is 1. The molecule has 0 fully saturated rings. The fourth-order valence-electron chi connectivity index (χ4n) is 2.49. The number of fused-ring (bicyclic) bond motifs is 1. The summed E-state index contributed by atoms with van der Waals surface area (Å²) in [4.78, 5) is 25.0. The average molecular weight is 371 g/mol. The van der Waals surface area contributed by atoms with Gasteiger partial charge in [0.2, 0.25) is 0 Å². The largest absolute Gasteiger partial charge is 0.448 e. The van der Waals surface area contributed by atoms with E-state index in [-0.39, 0.29) is 5.82 Å². The van der Waals surface area contributed by atoms with E-state index in [1.54, 1.807) is 12.1 Å². The highest BCUT2D eigenvalue weighted by Gasteiger charge is 2.21. The van der Waals surface area contributed by atoms with Gasteiger partial charge in [0.25, 0.3) is 5.91 Å². The molecule has 1 atom stereocenters. The van der Waals surface area contributed by atoms with Crippen LogP contribution in [0.3, 0.4) is 0 Å². The summed E-state index contributed by atoms with van der Waals surface area (Å²) < 4.78 is 19.3. The summed E-state index contributed by atoms with van der Waals surface area (Å²) in [5, 5.41) is 3.41. The lowest BCUT2D eigenvalue weighted by atomic mass is 10.1. The van der Waals surface area contributed by atoms with E-state index >= 15 is 0 Å². The van der Waals surface area contributed by atoms with Crippen LogP contribution in [0.5, 0.6) is 0 Å². The van der Waals surface area contributed by atoms with Crippen LogP contribution in [-0.4, -0.2) is 18.0 Å². The van der Waals surface area contributed by atoms with Gasteiger partial charge in [-0.15, -0.1) is 11.3 Å². The van der Waals surface area contributed by atoms with E-state index in [1.165, 1.54) is 30.4 Å². The summed E-state index contributed by atoms with van der Waals surface area (Å²) in [5.74, 6) is -1.37. The van der Waals surface area contributed by atoms with E-state index in [2.05, 4.69) is 5.32 Å². The van der Waals surface area contributed by atoms with Gasteiger partial charge < -0.3 is 10.1 Å². The molecule has 1 aromatic heterocycles. The Morgan fingerprint density at radius 3 is 2.65 bits per heavy atom. The van der Waals surface area contributed by atoms with Gasteiger partial charge in [-0.05, 0) is 67.6 Å². The lowest BCUT2D eigenvalue weighted by Gasteiger charge is -2.14. The Morgan fingerprint density at radius 2 is 1.88 bits per heavy atom. The Morgan fingerprint density at radius 1 is 1.12 bits per heavy atom. The molecule has 1 amide bonds. The molecule has 4 nitrogen and oxygen atoms in total. The number of carbonyl (C=O) groups excluding carboxylic acids is 2. The van der Waals surface area contributed by atoms with Crippen LogP contribution >= 0.6 is 11.3 Å². The molecule has 0 aliphatic heterocycles. The van der Waals surface area contributed by atoms with Crippen molar-refractivity contribution in [2.45, 2.75) is 26.9 Å². The Balaban J connectivity index is 1.69. The standard InChI is InChI=1S/C20H18FNO3S/c1-11-4-5-12(2)16(8-11)22-19(23)13(3)25-20(24)18-10-14-9-15(21)6-7-17(14)26-18/h4-10,13H,1-3H3,(H,22,23)/t13-/m1/s1. The van der Waals surface area contributed by atoms with Gasteiger partial charge in [-0.2, -0.15) is 0 Å². The SMILES string of the molecule is Cc1ccc(C)c(NC(=O)[C@@H](C)OC(=O)c2cc3cc(F)ccc3s2)c1. The number of esters is 1. The molecule has 0 aliphatic carbocycles. The van der Waals surface area contributed by atoms with Crippen molar-refractivity contribution in [1.29, 1.82) is 0 Å². The zero-order chi connectivity index (χ0) is 18.8. The summed E-state index contributed by atoms with van der Waals surface area (Å²) in [6, 6.07) is 11.6. The predicted molar refractivity (Wildman–Crippen MR) is 101 cm³/mol. The summed E-state index contributed by atoms with van der Waals surface area (Å²) in [6.45, 7) is 5.34. The molecule has 0 aliphatic rings. The van der Waals surface area contributed by atoms with E-state index < -0.39 is 18.0 Å². The van der Waals surface area contributed by atoms with E-state index in [4.69, 9.17) is 4.74 Å². The van der Waals surface area contributed by atoms with E-state index in [1.807, 2.05) is 32.0 Å². The van der Waals surface area contributed by atoms with Gasteiger partial charge in [0.1, 0.15) is 10.7 Å². The highest BCUT2D eigenvalue weighted by atomic mass is 32.1. The van der Waals surface area contributed by atoms with Gasteiger partial charge in [0, 0.05) is 10.4 Å². The van der Waals surface area contributed by atoms with Crippen LogP contribution in [0.15, 0.2) is 42.5 Å². The maximum Gasteiger partial charge on any atom is 0.349 e. The molecule has 0 radical (unpaired) electrons. The number of halogens is 1. The summed E-state index contributed by atoms with van der Waals surface area (Å²) >= 11 is 1.20. The Kier molecular flexibility index (Phi) is 5.04. The van der Waals surface area contributed by atoms with E-state index in [0.29, 0.717) is 16.0 Å². The van der Waals surface area contributed by atoms with Crippen LogP contribution in [0.2, 0.25) is 0 Å². The molecule has 0 spiro atoms. The molecule has 0 saturated carbocycles. The topological polar surface area (TPSA) is 55.4 Å². The molecule has 3 aromatic rings. The molecule has 0 saturated heterocycles. The normalized spacial score (nSPS) is 12.0. The molecular weight excluding hydrogens is 353 g/mol. The summed E-state index contributed by atoms with van der Waals surface area (Å²) in [6.07, 6.45) is -0.954. The molecule has 26 heavy (non-hydrogen) atoms. The van der Waals surface area contributed by atoms with Gasteiger partial charge in [0.15, 0.2) is 6.10 Å². The number of ether oxygens (including phenoxy) is 1. The van der Waals surface area contributed by atoms with Crippen molar-refractivity contribution in [3.63, 3.8) is 0 Å². The first-order valence-corrected chi connectivity index (χ1v) is 8.93. The molecule has 0 unspecified atom stereocenters. The molecule has 6 heteroatoms. The molecule has 2 aromatic carbocycles. The number of rotatable bonds is 4. The van der Waals surface area contributed by atoms with Crippen molar-refractivity contribution < 1.29 is 18.7 Å². The van der Waals surface area contributed by atoms with Crippen molar-refractivity contribution >= 4 is 39.0 Å². The third-order valence-corrected chi connectivity index (χ3v) is 5.08. The monoisotopic (exact) mass is 371 g/mol. The fraction of sp³-hybridized carbons (Fsp3) is 0.200. The van der Waals surface area contributed by atoms with Gasteiger partial charge in [-0.1, -0.05) is 12.1 Å². The Hall–Kier alpha value is -2.73. The summed E-state index contributed by atoms with van der Waals surface area (Å²) in [7, 11) is 0. The third kappa shape index (κ3) is 3.91. The number of carbonyl (C=O) groups is 2. The van der Waals surface area contributed by atoms with Crippen LogP contribution < -0.4 is 5.32 Å². The highest BCUT2D eigenvalue weighted by molar-refractivity contribution is 7.20. The van der Waals surface area contributed by atoms with Crippen LogP contribution in [0.1, 0.15) is 27.7 Å². The lowest BCUT2D eigenvalue weighted by Crippen LogP contribution is -2.30. The molecule has 134 valence electrons. The first kappa shape index (κ1) is 18.1. The first-order valence-electron chi connectivity index (χ1n) is 8.11. The quantitative estimate of drug-likeness (QED) is 0.668. The molecule has 1 N–H and O–H groups in total. The molecular formula is C20H18FNO3S. The van der Waals surface area contributed by atoms with Gasteiger partial charge in [0.05, 0.1) is 0 Å². The minimum Gasteiger partial charge on any atom is -0.448 e. The minimum absolute atomic E-state index is 0.331. The van der Waals surface area contributed by atoms with Crippen molar-refractivity contribution in [3.8, 4) is 0 Å². The van der Waals surface area contributed by atoms with Crippen molar-refractivity contribution in [3.05, 3.63) is 64.3 Å². The van der Waals surface area contributed by atoms with Crippen LogP contribution in [0.25, 0.3) is 10.1 Å². The first-order chi connectivity index (χ1) is 12.3. The maximum absolute atomic E-state index is 13.3. The summed E-state index contributed by atoms with van der Waals surface area (Å²) in [5.41, 5.74) is 2.64. The second-order valence-electron chi connectivity index (χ2n) is 6.15. The van der Waals surface area contributed by atoms with Gasteiger partial charge in [-0.3, -0.25) is 4.79 Å². The molecule has 1 heterocycles. The highest BCUT2D eigenvalue weighted by Crippen LogP contribution is 2.27. The number of anilines is 1. The Labute approximate surface area is 154 Å². The van der Waals surface area contributed by atoms with Gasteiger partial charge in [-0.25, -0.2) is 9.18 Å². The number of benzene rings is 2. The van der Waals surface area contributed by atoms with Crippen molar-refractivity contribution in [1.82, 2.24) is 0 Å². The number of hydrogen-bond acceptors (Lipinski definition) is 4. The number of nitrogens with one attached hydrogen (secondary N) is 1. The number of hydrogen-bond donors (Lipinski definition) is 1. The number of aryl methyl sites for hydroxylation is 2. The molecule has 0 bridgehead atoms. The van der Waals surface area contributed by atoms with E-state index in [0.717, 1.165) is 15.8 Å². The average Bonchev–Trinajstić information content (AvgIpc) is 3.01. The molecule has 3 rings (SSSR count). The van der Waals surface area contributed by atoms with Crippen LogP contribution in [-0.2, 0) is 9.53 Å². The fourth-order valence-corrected chi connectivity index (χ4v) is 3.42. The number of amides is 1. The van der Waals surface area contributed by atoms with Crippen molar-refractivity contribution in [2.75, 3.05) is 5.32 Å². The predicted octanol–water partition coefficient (Wildman–Crippen LogP) is 4.84. The van der Waals surface area contributed by atoms with E-state index in [9.17, 15) is 14.0 Å². The second kappa shape index (κ2) is 7.25. The van der Waals surface area contributed by atoms with Gasteiger partial charge >= 0.3 is 5.97 Å². The second-order valence-corrected chi connectivity index (χ2v) is 7.23. The maximum atomic E-state index is 13.3. The zero-order valence-electron chi connectivity index (χ0n) is 14.6. The zero-order valence-corrected chi connectivity index (χ0v) is 15.4. The van der Waals surface area contributed by atoms with Crippen molar-refractivity contribution in [2.24, 2.45) is 0 Å². The van der Waals surface area contributed by atoms with Crippen LogP contribution in [0.4, 0.5) is 10.1 Å². The Bertz CT molecular complexity index is 996. The smallest absolute Gasteiger partial charge is 0.349 e. The minimum atomic E-state index is -0.954.